The fraction of sp³-hybridized carbons (Fsp3) is 0.310. The Hall–Kier alpha value is -4.11. The maximum absolute atomic E-state index is 13.6. The lowest BCUT2D eigenvalue weighted by Crippen LogP contribution is -2.65. The first-order valence-electron chi connectivity index (χ1n) is 13.0. The minimum absolute atomic E-state index is 0.150. The molecule has 2 aliphatic heterocycles. The number of aliphatic imine (C=N–C) groups is 1. The average Bonchev–Trinajstić information content (AvgIpc) is 3.53. The normalized spacial score (nSPS) is 23.2. The average molecular weight is 512 g/mol. The van der Waals surface area contributed by atoms with Crippen LogP contribution in [0.4, 0.5) is 10.1 Å². The van der Waals surface area contributed by atoms with Crippen LogP contribution in [0, 0.1) is 17.3 Å². The van der Waals surface area contributed by atoms with Crippen molar-refractivity contribution in [1.82, 2.24) is 20.1 Å². The fourth-order valence-corrected chi connectivity index (χ4v) is 5.70. The molecule has 3 aromatic rings. The van der Waals surface area contributed by atoms with Crippen molar-refractivity contribution in [2.24, 2.45) is 10.9 Å². The molecule has 2 aromatic carbocycles. The Labute approximate surface area is 221 Å². The largest absolute Gasteiger partial charge is 0.369 e. The van der Waals surface area contributed by atoms with Crippen LogP contribution in [0.1, 0.15) is 24.8 Å². The lowest BCUT2D eigenvalue weighted by atomic mass is 9.97. The summed E-state index contributed by atoms with van der Waals surface area (Å²) in [4.78, 5) is 26.0. The molecule has 0 bridgehead atoms. The number of hydrogen-bond donors (Lipinski definition) is 3. The second-order valence-electron chi connectivity index (χ2n) is 10.0. The summed E-state index contributed by atoms with van der Waals surface area (Å²) in [6.45, 7) is 0.467. The summed E-state index contributed by atoms with van der Waals surface area (Å²) >= 11 is 0. The Morgan fingerprint density at radius 3 is 2.61 bits per heavy atom. The summed E-state index contributed by atoms with van der Waals surface area (Å²) in [6, 6.07) is 22.5. The van der Waals surface area contributed by atoms with Gasteiger partial charge in [-0.05, 0) is 49.1 Å². The molecule has 0 radical (unpaired) electrons. The SMILES string of the molecule is CN1C(=O)C(C(NCc2ccc(-c3cccc(F)n3)cc2)Nc2ccccc2)C(=N)N2C1=N[C@@H]1CCC[C@@H]12. The number of para-hydroxylation sites is 1. The molecule has 1 aliphatic carbocycles. The molecule has 38 heavy (non-hydrogen) atoms. The second-order valence-corrected chi connectivity index (χ2v) is 10.0. The van der Waals surface area contributed by atoms with Crippen LogP contribution in [0.25, 0.3) is 11.3 Å². The van der Waals surface area contributed by atoms with Gasteiger partial charge in [-0.25, -0.2) is 9.98 Å². The highest BCUT2D eigenvalue weighted by Gasteiger charge is 2.52. The number of amidine groups is 1. The molecule has 6 rings (SSSR count). The maximum atomic E-state index is 13.6. The van der Waals surface area contributed by atoms with Gasteiger partial charge in [0.2, 0.25) is 17.8 Å². The molecule has 1 saturated heterocycles. The number of anilines is 1. The van der Waals surface area contributed by atoms with Gasteiger partial charge in [0.25, 0.3) is 0 Å². The minimum Gasteiger partial charge on any atom is -0.369 e. The predicted molar refractivity (Wildman–Crippen MR) is 145 cm³/mol. The molecular formula is C29H30FN7O. The van der Waals surface area contributed by atoms with Gasteiger partial charge in [0.1, 0.15) is 11.8 Å². The number of halogens is 1. The monoisotopic (exact) mass is 511 g/mol. The second kappa shape index (κ2) is 9.98. The fourth-order valence-electron chi connectivity index (χ4n) is 5.70. The van der Waals surface area contributed by atoms with E-state index in [4.69, 9.17) is 10.4 Å². The summed E-state index contributed by atoms with van der Waals surface area (Å²) < 4.78 is 13.6. The van der Waals surface area contributed by atoms with E-state index in [0.717, 1.165) is 36.1 Å². The Balaban J connectivity index is 1.25. The lowest BCUT2D eigenvalue weighted by Gasteiger charge is -2.42. The number of nitrogens with one attached hydrogen (secondary N) is 3. The first-order chi connectivity index (χ1) is 18.5. The van der Waals surface area contributed by atoms with Gasteiger partial charge in [-0.15, -0.1) is 0 Å². The quantitative estimate of drug-likeness (QED) is 0.328. The van der Waals surface area contributed by atoms with E-state index < -0.39 is 18.0 Å². The highest BCUT2D eigenvalue weighted by molar-refractivity contribution is 6.19. The van der Waals surface area contributed by atoms with Crippen LogP contribution in [0.2, 0.25) is 0 Å². The molecule has 8 nitrogen and oxygen atoms in total. The number of aromatic nitrogens is 1. The topological polar surface area (TPSA) is 96.7 Å². The third-order valence-electron chi connectivity index (χ3n) is 7.64. The van der Waals surface area contributed by atoms with Crippen molar-refractivity contribution in [2.45, 2.75) is 44.1 Å². The molecular weight excluding hydrogens is 481 g/mol. The van der Waals surface area contributed by atoms with E-state index in [-0.39, 0.29) is 23.8 Å². The third kappa shape index (κ3) is 4.43. The summed E-state index contributed by atoms with van der Waals surface area (Å²) in [5.74, 6) is -0.504. The Morgan fingerprint density at radius 2 is 1.84 bits per heavy atom. The van der Waals surface area contributed by atoms with Crippen molar-refractivity contribution in [3.8, 4) is 11.3 Å². The first kappa shape index (κ1) is 24.2. The van der Waals surface area contributed by atoms with Crippen LogP contribution < -0.4 is 10.6 Å². The van der Waals surface area contributed by atoms with E-state index in [1.807, 2.05) is 59.5 Å². The van der Waals surface area contributed by atoms with Gasteiger partial charge < -0.3 is 5.32 Å². The molecule has 194 valence electrons. The van der Waals surface area contributed by atoms with E-state index >= 15 is 0 Å². The van der Waals surface area contributed by atoms with Crippen LogP contribution in [0.3, 0.4) is 0 Å². The Bertz CT molecular complexity index is 1380. The highest BCUT2D eigenvalue weighted by Crippen LogP contribution is 2.37. The van der Waals surface area contributed by atoms with Crippen LogP contribution >= 0.6 is 0 Å². The number of carbonyl (C=O) groups excluding carboxylic acids is 1. The van der Waals surface area contributed by atoms with Crippen LogP contribution in [0.5, 0.6) is 0 Å². The number of pyridine rings is 1. The number of hydrogen-bond acceptors (Lipinski definition) is 6. The molecule has 3 aliphatic rings. The molecule has 1 amide bonds. The van der Waals surface area contributed by atoms with Crippen molar-refractivity contribution in [3.05, 3.63) is 84.3 Å². The van der Waals surface area contributed by atoms with Crippen molar-refractivity contribution in [3.63, 3.8) is 0 Å². The van der Waals surface area contributed by atoms with E-state index in [2.05, 4.69) is 15.6 Å². The van der Waals surface area contributed by atoms with Crippen molar-refractivity contribution in [2.75, 3.05) is 12.4 Å². The number of benzene rings is 2. The third-order valence-corrected chi connectivity index (χ3v) is 7.64. The Kier molecular flexibility index (Phi) is 6.37. The molecule has 1 saturated carbocycles. The number of nitrogens with zero attached hydrogens (tertiary/aromatic N) is 4. The van der Waals surface area contributed by atoms with Gasteiger partial charge >= 0.3 is 0 Å². The number of fused-ring (bicyclic) bond motifs is 3. The van der Waals surface area contributed by atoms with Crippen LogP contribution in [0.15, 0.2) is 77.8 Å². The number of guanidine groups is 1. The zero-order valence-corrected chi connectivity index (χ0v) is 21.1. The molecule has 1 aromatic heterocycles. The molecule has 2 fully saturated rings. The van der Waals surface area contributed by atoms with Gasteiger partial charge in [0.15, 0.2) is 0 Å². The molecule has 3 heterocycles. The zero-order valence-electron chi connectivity index (χ0n) is 21.1. The first-order valence-corrected chi connectivity index (χ1v) is 13.0. The molecule has 9 heteroatoms. The Morgan fingerprint density at radius 1 is 1.05 bits per heavy atom. The summed E-state index contributed by atoms with van der Waals surface area (Å²) in [7, 11) is 1.76. The van der Waals surface area contributed by atoms with Gasteiger partial charge in [0, 0.05) is 24.8 Å². The predicted octanol–water partition coefficient (Wildman–Crippen LogP) is 4.07. The molecule has 2 unspecified atom stereocenters. The van der Waals surface area contributed by atoms with Crippen molar-refractivity contribution >= 4 is 23.4 Å². The van der Waals surface area contributed by atoms with Crippen LogP contribution in [-0.2, 0) is 11.3 Å². The van der Waals surface area contributed by atoms with E-state index in [1.54, 1.807) is 24.1 Å². The van der Waals surface area contributed by atoms with E-state index in [0.29, 0.717) is 18.2 Å². The summed E-state index contributed by atoms with van der Waals surface area (Å²) in [5, 5.41) is 16.1. The number of amides is 1. The molecule has 4 atom stereocenters. The van der Waals surface area contributed by atoms with Crippen LogP contribution in [-0.4, -0.2) is 57.8 Å². The van der Waals surface area contributed by atoms with Gasteiger partial charge in [-0.2, -0.15) is 4.39 Å². The highest BCUT2D eigenvalue weighted by atomic mass is 19.1. The smallest absolute Gasteiger partial charge is 0.243 e. The van der Waals surface area contributed by atoms with Crippen molar-refractivity contribution in [1.29, 1.82) is 5.41 Å². The van der Waals surface area contributed by atoms with E-state index in [9.17, 15) is 9.18 Å². The standard InChI is InChI=1S/C29H30FN7O/c1-36-28(38)25(26(31)37-23-11-5-10-22(23)35-29(36)37)27(33-20-7-3-2-4-8-20)32-17-18-13-15-19(16-14-18)21-9-6-12-24(30)34-21/h2-4,6-9,12-16,22-23,25,27,31-33H,5,10-11,17H2,1H3/t22-,23+,25?,27?/m1/s1. The number of carbonyl (C=O) groups is 1. The van der Waals surface area contributed by atoms with E-state index in [1.165, 1.54) is 6.07 Å². The molecule has 3 N–H and O–H groups in total. The van der Waals surface area contributed by atoms with Gasteiger partial charge in [-0.3, -0.25) is 25.3 Å². The molecule has 0 spiro atoms. The summed E-state index contributed by atoms with van der Waals surface area (Å²) in [6.07, 6.45) is 2.54. The lowest BCUT2D eigenvalue weighted by molar-refractivity contribution is -0.130. The number of rotatable bonds is 7. The van der Waals surface area contributed by atoms with Gasteiger partial charge in [-0.1, -0.05) is 48.5 Å². The maximum Gasteiger partial charge on any atom is 0.243 e. The van der Waals surface area contributed by atoms with Crippen molar-refractivity contribution < 1.29 is 9.18 Å². The van der Waals surface area contributed by atoms with Gasteiger partial charge in [0.05, 0.1) is 23.9 Å². The summed E-state index contributed by atoms with van der Waals surface area (Å²) in [5.41, 5.74) is 3.25. The minimum atomic E-state index is -0.728. The zero-order chi connectivity index (χ0) is 26.2.